The number of likely N-dealkylation sites (tertiary alicyclic amines) is 1. The Morgan fingerprint density at radius 3 is 3.07 bits per heavy atom. The van der Waals surface area contributed by atoms with Gasteiger partial charge in [0, 0.05) is 12.6 Å². The van der Waals surface area contributed by atoms with Gasteiger partial charge in [0.2, 0.25) is 0 Å². The van der Waals surface area contributed by atoms with Crippen molar-refractivity contribution in [2.75, 3.05) is 20.1 Å². The van der Waals surface area contributed by atoms with E-state index in [0.717, 1.165) is 24.6 Å². The van der Waals surface area contributed by atoms with Crippen molar-refractivity contribution in [3.63, 3.8) is 0 Å². The van der Waals surface area contributed by atoms with E-state index in [9.17, 15) is 0 Å². The van der Waals surface area contributed by atoms with Crippen molar-refractivity contribution in [3.05, 3.63) is 23.7 Å². The van der Waals surface area contributed by atoms with Crippen LogP contribution in [0.4, 0.5) is 0 Å². The molecular formula is C12H20N2O. The van der Waals surface area contributed by atoms with Crippen LogP contribution in [0.2, 0.25) is 0 Å². The van der Waals surface area contributed by atoms with Crippen molar-refractivity contribution >= 4 is 0 Å². The van der Waals surface area contributed by atoms with Crippen molar-refractivity contribution in [3.8, 4) is 0 Å². The van der Waals surface area contributed by atoms with E-state index in [0.29, 0.717) is 6.04 Å². The van der Waals surface area contributed by atoms with Crippen LogP contribution in [0, 0.1) is 6.92 Å². The molecule has 0 amide bonds. The maximum atomic E-state index is 5.61. The number of rotatable bonds is 4. The molecule has 1 atom stereocenters. The van der Waals surface area contributed by atoms with Crippen molar-refractivity contribution in [1.29, 1.82) is 0 Å². The summed E-state index contributed by atoms with van der Waals surface area (Å²) in [7, 11) is 2.02. The van der Waals surface area contributed by atoms with Crippen LogP contribution in [-0.2, 0) is 6.54 Å². The van der Waals surface area contributed by atoms with Crippen LogP contribution in [0.3, 0.4) is 0 Å². The second-order valence-corrected chi connectivity index (χ2v) is 4.34. The van der Waals surface area contributed by atoms with Crippen molar-refractivity contribution in [1.82, 2.24) is 10.2 Å². The van der Waals surface area contributed by atoms with Crippen LogP contribution in [0.15, 0.2) is 16.5 Å². The molecule has 2 rings (SSSR count). The summed E-state index contributed by atoms with van der Waals surface area (Å²) in [4.78, 5) is 2.51. The van der Waals surface area contributed by atoms with E-state index < -0.39 is 0 Å². The van der Waals surface area contributed by atoms with Gasteiger partial charge >= 0.3 is 0 Å². The molecule has 2 heterocycles. The van der Waals surface area contributed by atoms with E-state index >= 15 is 0 Å². The highest BCUT2D eigenvalue weighted by Gasteiger charge is 2.24. The number of nitrogens with zero attached hydrogens (tertiary/aromatic N) is 1. The molecule has 1 aliphatic heterocycles. The molecule has 1 N–H and O–H groups in total. The molecule has 1 saturated heterocycles. The lowest BCUT2D eigenvalue weighted by Crippen LogP contribution is -2.36. The maximum absolute atomic E-state index is 5.61. The lowest BCUT2D eigenvalue weighted by atomic mass is 10.2. The van der Waals surface area contributed by atoms with Crippen LogP contribution >= 0.6 is 0 Å². The standard InChI is InChI=1S/C12H20N2O/c1-10-5-6-12(15-10)9-14-7-3-4-11(14)8-13-2/h5-6,11,13H,3-4,7-9H2,1-2H3. The summed E-state index contributed by atoms with van der Waals surface area (Å²) in [5.41, 5.74) is 0. The van der Waals surface area contributed by atoms with Crippen LogP contribution in [0.25, 0.3) is 0 Å². The Bertz CT molecular complexity index is 308. The number of aryl methyl sites for hydroxylation is 1. The Morgan fingerprint density at radius 1 is 1.53 bits per heavy atom. The average molecular weight is 208 g/mol. The zero-order valence-electron chi connectivity index (χ0n) is 9.62. The Kier molecular flexibility index (Phi) is 3.44. The Morgan fingerprint density at radius 2 is 2.40 bits per heavy atom. The minimum absolute atomic E-state index is 0.681. The third-order valence-electron chi connectivity index (χ3n) is 3.09. The SMILES string of the molecule is CNCC1CCCN1Cc1ccc(C)o1. The van der Waals surface area contributed by atoms with Gasteiger partial charge in [-0.15, -0.1) is 0 Å². The second-order valence-electron chi connectivity index (χ2n) is 4.34. The van der Waals surface area contributed by atoms with Gasteiger partial charge < -0.3 is 9.73 Å². The highest BCUT2D eigenvalue weighted by molar-refractivity contribution is 5.06. The highest BCUT2D eigenvalue weighted by Crippen LogP contribution is 2.20. The van der Waals surface area contributed by atoms with Gasteiger partial charge in [-0.2, -0.15) is 0 Å². The third-order valence-corrected chi connectivity index (χ3v) is 3.09. The average Bonchev–Trinajstić information content (AvgIpc) is 2.78. The van der Waals surface area contributed by atoms with Gasteiger partial charge in [-0.25, -0.2) is 0 Å². The van der Waals surface area contributed by atoms with E-state index in [2.05, 4.69) is 16.3 Å². The fraction of sp³-hybridized carbons (Fsp3) is 0.667. The highest BCUT2D eigenvalue weighted by atomic mass is 16.3. The number of hydrogen-bond acceptors (Lipinski definition) is 3. The monoisotopic (exact) mass is 208 g/mol. The van der Waals surface area contributed by atoms with Crippen LogP contribution in [0.5, 0.6) is 0 Å². The molecule has 0 aliphatic carbocycles. The molecule has 0 radical (unpaired) electrons. The van der Waals surface area contributed by atoms with Crippen molar-refractivity contribution < 1.29 is 4.42 Å². The number of likely N-dealkylation sites (N-methyl/N-ethyl adjacent to an activating group) is 1. The van der Waals surface area contributed by atoms with Gasteiger partial charge in [0.1, 0.15) is 11.5 Å². The predicted octanol–water partition coefficient (Wildman–Crippen LogP) is 1.77. The van der Waals surface area contributed by atoms with Gasteiger partial charge in [0.15, 0.2) is 0 Å². The molecule has 0 spiro atoms. The fourth-order valence-electron chi connectivity index (χ4n) is 2.34. The van der Waals surface area contributed by atoms with Crippen LogP contribution < -0.4 is 5.32 Å². The summed E-state index contributed by atoms with van der Waals surface area (Å²) < 4.78 is 5.61. The van der Waals surface area contributed by atoms with Crippen molar-refractivity contribution in [2.45, 2.75) is 32.4 Å². The molecule has 1 aromatic heterocycles. The normalized spacial score (nSPS) is 22.4. The lowest BCUT2D eigenvalue weighted by molar-refractivity contribution is 0.222. The lowest BCUT2D eigenvalue weighted by Gasteiger charge is -2.22. The summed E-state index contributed by atoms with van der Waals surface area (Å²) >= 11 is 0. The largest absolute Gasteiger partial charge is 0.465 e. The van der Waals surface area contributed by atoms with Crippen molar-refractivity contribution in [2.24, 2.45) is 0 Å². The summed E-state index contributed by atoms with van der Waals surface area (Å²) in [6, 6.07) is 4.81. The summed E-state index contributed by atoms with van der Waals surface area (Å²) in [5, 5.41) is 3.26. The molecule has 15 heavy (non-hydrogen) atoms. The molecule has 0 bridgehead atoms. The molecule has 3 nitrogen and oxygen atoms in total. The molecule has 0 saturated carbocycles. The first kappa shape index (κ1) is 10.7. The van der Waals surface area contributed by atoms with Gasteiger partial charge in [0.05, 0.1) is 6.54 Å². The number of hydrogen-bond donors (Lipinski definition) is 1. The van der Waals surface area contributed by atoms with E-state index in [4.69, 9.17) is 4.42 Å². The Hall–Kier alpha value is -0.800. The summed E-state index contributed by atoms with van der Waals surface area (Å²) in [5.74, 6) is 2.10. The molecule has 3 heteroatoms. The van der Waals surface area contributed by atoms with Gasteiger partial charge in [0.25, 0.3) is 0 Å². The molecular weight excluding hydrogens is 188 g/mol. The van der Waals surface area contributed by atoms with Crippen LogP contribution in [-0.4, -0.2) is 31.1 Å². The molecule has 0 aromatic carbocycles. The first-order chi connectivity index (χ1) is 7.29. The molecule has 1 aromatic rings. The zero-order chi connectivity index (χ0) is 10.7. The Balaban J connectivity index is 1.93. The second kappa shape index (κ2) is 4.81. The molecule has 1 fully saturated rings. The first-order valence-corrected chi connectivity index (χ1v) is 5.73. The third kappa shape index (κ3) is 2.61. The van der Waals surface area contributed by atoms with E-state index in [-0.39, 0.29) is 0 Å². The minimum Gasteiger partial charge on any atom is -0.465 e. The molecule has 84 valence electrons. The van der Waals surface area contributed by atoms with Crippen LogP contribution in [0.1, 0.15) is 24.4 Å². The Labute approximate surface area is 91.4 Å². The van der Waals surface area contributed by atoms with E-state index in [1.165, 1.54) is 19.4 Å². The molecule has 1 unspecified atom stereocenters. The zero-order valence-corrected chi connectivity index (χ0v) is 9.62. The van der Waals surface area contributed by atoms with Gasteiger partial charge in [-0.05, 0) is 45.5 Å². The van der Waals surface area contributed by atoms with Gasteiger partial charge in [-0.3, -0.25) is 4.90 Å². The van der Waals surface area contributed by atoms with Gasteiger partial charge in [-0.1, -0.05) is 0 Å². The number of nitrogens with one attached hydrogen (secondary N) is 1. The predicted molar refractivity (Wildman–Crippen MR) is 60.8 cm³/mol. The summed E-state index contributed by atoms with van der Waals surface area (Å²) in [6.45, 7) is 5.24. The van der Waals surface area contributed by atoms with E-state index in [1.807, 2.05) is 20.0 Å². The summed E-state index contributed by atoms with van der Waals surface area (Å²) in [6.07, 6.45) is 2.62. The number of furan rings is 1. The fourth-order valence-corrected chi connectivity index (χ4v) is 2.34. The maximum Gasteiger partial charge on any atom is 0.118 e. The molecule has 1 aliphatic rings. The first-order valence-electron chi connectivity index (χ1n) is 5.73. The smallest absolute Gasteiger partial charge is 0.118 e. The minimum atomic E-state index is 0.681. The quantitative estimate of drug-likeness (QED) is 0.817. The van der Waals surface area contributed by atoms with E-state index in [1.54, 1.807) is 0 Å². The topological polar surface area (TPSA) is 28.4 Å².